The van der Waals surface area contributed by atoms with E-state index in [1.54, 1.807) is 6.92 Å². The maximum absolute atomic E-state index is 12.4. The first-order valence-electron chi connectivity index (χ1n) is 7.05. The monoisotopic (exact) mass is 311 g/mol. The van der Waals surface area contributed by atoms with Crippen molar-refractivity contribution in [1.82, 2.24) is 5.32 Å². The van der Waals surface area contributed by atoms with Gasteiger partial charge in [-0.3, -0.25) is 9.59 Å². The molecule has 0 aliphatic carbocycles. The van der Waals surface area contributed by atoms with E-state index in [0.717, 1.165) is 11.1 Å². The van der Waals surface area contributed by atoms with E-state index in [9.17, 15) is 9.59 Å². The summed E-state index contributed by atoms with van der Waals surface area (Å²) in [6, 6.07) is 7.94. The Kier molecular flexibility index (Phi) is 6.37. The third kappa shape index (κ3) is 3.83. The standard InChI is InChI=1S/C16H21NO3.ClH/c1-3-20-15(19)16(7-8-17-11-14(16)18)10-13-6-4-5-12(2)9-13;/h4-6,9,17H,3,7-8,10-11H2,1-2H3;1H. The van der Waals surface area contributed by atoms with Gasteiger partial charge in [-0.05, 0) is 38.8 Å². The number of aryl methyl sites for hydroxylation is 1. The molecule has 0 bridgehead atoms. The van der Waals surface area contributed by atoms with E-state index < -0.39 is 5.41 Å². The summed E-state index contributed by atoms with van der Waals surface area (Å²) in [5.41, 5.74) is 1.12. The first-order chi connectivity index (χ1) is 9.58. The molecule has 0 amide bonds. The molecule has 0 radical (unpaired) electrons. The summed E-state index contributed by atoms with van der Waals surface area (Å²) in [6.07, 6.45) is 0.923. The van der Waals surface area contributed by atoms with Gasteiger partial charge in [-0.25, -0.2) is 0 Å². The predicted octanol–water partition coefficient (Wildman–Crippen LogP) is 2.07. The molecule has 2 rings (SSSR count). The lowest BCUT2D eigenvalue weighted by Gasteiger charge is -2.33. The number of piperidine rings is 1. The highest BCUT2D eigenvalue weighted by molar-refractivity contribution is 6.05. The summed E-state index contributed by atoms with van der Waals surface area (Å²) in [7, 11) is 0. The van der Waals surface area contributed by atoms with Gasteiger partial charge in [0.2, 0.25) is 0 Å². The van der Waals surface area contributed by atoms with Crippen LogP contribution in [0, 0.1) is 12.3 Å². The van der Waals surface area contributed by atoms with Crippen molar-refractivity contribution in [2.75, 3.05) is 19.7 Å². The number of Topliss-reactive ketones (excluding diaryl/α,β-unsaturated/α-hetero) is 1. The van der Waals surface area contributed by atoms with E-state index in [2.05, 4.69) is 5.32 Å². The minimum Gasteiger partial charge on any atom is -0.465 e. The van der Waals surface area contributed by atoms with Gasteiger partial charge in [0.15, 0.2) is 5.78 Å². The van der Waals surface area contributed by atoms with Gasteiger partial charge in [0, 0.05) is 0 Å². The highest BCUT2D eigenvalue weighted by Gasteiger charge is 2.47. The number of nitrogens with one attached hydrogen (secondary N) is 1. The van der Waals surface area contributed by atoms with Crippen LogP contribution in [-0.2, 0) is 20.7 Å². The summed E-state index contributed by atoms with van der Waals surface area (Å²) < 4.78 is 5.17. The van der Waals surface area contributed by atoms with Gasteiger partial charge >= 0.3 is 5.97 Å². The largest absolute Gasteiger partial charge is 0.465 e. The van der Waals surface area contributed by atoms with Crippen molar-refractivity contribution >= 4 is 24.2 Å². The van der Waals surface area contributed by atoms with Gasteiger partial charge in [-0.2, -0.15) is 0 Å². The molecule has 1 saturated heterocycles. The number of hydrogen-bond acceptors (Lipinski definition) is 4. The predicted molar refractivity (Wildman–Crippen MR) is 83.7 cm³/mol. The first-order valence-corrected chi connectivity index (χ1v) is 7.05. The van der Waals surface area contributed by atoms with E-state index in [-0.39, 0.29) is 30.7 Å². The lowest BCUT2D eigenvalue weighted by molar-refractivity contribution is -0.161. The Morgan fingerprint density at radius 3 is 2.81 bits per heavy atom. The number of rotatable bonds is 4. The molecule has 1 aliphatic heterocycles. The number of ketones is 1. The molecule has 1 aromatic carbocycles. The second-order valence-corrected chi connectivity index (χ2v) is 5.32. The molecule has 116 valence electrons. The van der Waals surface area contributed by atoms with Crippen LogP contribution in [-0.4, -0.2) is 31.4 Å². The molecular weight excluding hydrogens is 290 g/mol. The Hall–Kier alpha value is -1.39. The molecule has 5 heteroatoms. The van der Waals surface area contributed by atoms with Gasteiger partial charge in [0.25, 0.3) is 0 Å². The fourth-order valence-corrected chi connectivity index (χ4v) is 2.73. The number of carbonyl (C=O) groups is 2. The molecule has 1 heterocycles. The van der Waals surface area contributed by atoms with E-state index >= 15 is 0 Å². The number of benzene rings is 1. The number of hydrogen-bond donors (Lipinski definition) is 1. The molecular formula is C16H22ClNO3. The lowest BCUT2D eigenvalue weighted by atomic mass is 9.73. The van der Waals surface area contributed by atoms with Crippen LogP contribution in [0.4, 0.5) is 0 Å². The average molecular weight is 312 g/mol. The summed E-state index contributed by atoms with van der Waals surface area (Å²) >= 11 is 0. The van der Waals surface area contributed by atoms with Crippen LogP contribution in [0.2, 0.25) is 0 Å². The van der Waals surface area contributed by atoms with Crippen molar-refractivity contribution in [3.05, 3.63) is 35.4 Å². The van der Waals surface area contributed by atoms with Crippen molar-refractivity contribution in [2.24, 2.45) is 5.41 Å². The van der Waals surface area contributed by atoms with Crippen LogP contribution in [0.3, 0.4) is 0 Å². The number of ether oxygens (including phenoxy) is 1. The van der Waals surface area contributed by atoms with Gasteiger partial charge in [0.05, 0.1) is 13.2 Å². The number of halogens is 1. The zero-order valence-electron chi connectivity index (χ0n) is 12.5. The Balaban J connectivity index is 0.00000220. The molecule has 1 atom stereocenters. The van der Waals surface area contributed by atoms with Crippen LogP contribution in [0.15, 0.2) is 24.3 Å². The quantitative estimate of drug-likeness (QED) is 0.683. The normalized spacial score (nSPS) is 21.5. The molecule has 1 aliphatic rings. The summed E-state index contributed by atoms with van der Waals surface area (Å²) in [4.78, 5) is 24.7. The first kappa shape index (κ1) is 17.7. The summed E-state index contributed by atoms with van der Waals surface area (Å²) in [5.74, 6) is -0.447. The minimum absolute atomic E-state index is 0. The Morgan fingerprint density at radius 1 is 1.43 bits per heavy atom. The zero-order chi connectivity index (χ0) is 14.6. The van der Waals surface area contributed by atoms with E-state index in [0.29, 0.717) is 26.0 Å². The third-order valence-electron chi connectivity index (χ3n) is 3.80. The smallest absolute Gasteiger partial charge is 0.320 e. The molecule has 1 N–H and O–H groups in total. The fraction of sp³-hybridized carbons (Fsp3) is 0.500. The zero-order valence-corrected chi connectivity index (χ0v) is 13.3. The maximum Gasteiger partial charge on any atom is 0.320 e. The van der Waals surface area contributed by atoms with Gasteiger partial charge in [-0.1, -0.05) is 29.8 Å². The van der Waals surface area contributed by atoms with Gasteiger partial charge < -0.3 is 10.1 Å². The van der Waals surface area contributed by atoms with Crippen LogP contribution >= 0.6 is 12.4 Å². The summed E-state index contributed by atoms with van der Waals surface area (Å²) in [6.45, 7) is 4.98. The van der Waals surface area contributed by atoms with Crippen molar-refractivity contribution in [1.29, 1.82) is 0 Å². The Morgan fingerprint density at radius 2 is 2.19 bits per heavy atom. The Bertz CT molecular complexity index is 518. The molecule has 0 spiro atoms. The van der Waals surface area contributed by atoms with Gasteiger partial charge in [0.1, 0.15) is 5.41 Å². The number of esters is 1. The van der Waals surface area contributed by atoms with Crippen molar-refractivity contribution in [2.45, 2.75) is 26.7 Å². The lowest BCUT2D eigenvalue weighted by Crippen LogP contribution is -2.52. The van der Waals surface area contributed by atoms with Crippen molar-refractivity contribution < 1.29 is 14.3 Å². The highest BCUT2D eigenvalue weighted by Crippen LogP contribution is 2.32. The van der Waals surface area contributed by atoms with E-state index in [4.69, 9.17) is 4.74 Å². The maximum atomic E-state index is 12.4. The average Bonchev–Trinajstić information content (AvgIpc) is 2.42. The van der Waals surface area contributed by atoms with Crippen LogP contribution < -0.4 is 5.32 Å². The van der Waals surface area contributed by atoms with E-state index in [1.165, 1.54) is 0 Å². The Labute approximate surface area is 131 Å². The molecule has 1 unspecified atom stereocenters. The fourth-order valence-electron chi connectivity index (χ4n) is 2.73. The molecule has 1 aromatic rings. The molecule has 1 fully saturated rings. The molecule has 0 saturated carbocycles. The second kappa shape index (κ2) is 7.57. The SMILES string of the molecule is CCOC(=O)C1(Cc2cccc(C)c2)CCNCC1=O.Cl. The summed E-state index contributed by atoms with van der Waals surface area (Å²) in [5, 5.41) is 3.03. The molecule has 21 heavy (non-hydrogen) atoms. The number of carbonyl (C=O) groups excluding carboxylic acids is 2. The molecule has 0 aromatic heterocycles. The topological polar surface area (TPSA) is 55.4 Å². The highest BCUT2D eigenvalue weighted by atomic mass is 35.5. The van der Waals surface area contributed by atoms with Crippen molar-refractivity contribution in [3.63, 3.8) is 0 Å². The second-order valence-electron chi connectivity index (χ2n) is 5.32. The van der Waals surface area contributed by atoms with Crippen LogP contribution in [0.1, 0.15) is 24.5 Å². The van der Waals surface area contributed by atoms with Gasteiger partial charge in [-0.15, -0.1) is 12.4 Å². The third-order valence-corrected chi connectivity index (χ3v) is 3.80. The van der Waals surface area contributed by atoms with E-state index in [1.807, 2.05) is 31.2 Å². The molecule has 4 nitrogen and oxygen atoms in total. The van der Waals surface area contributed by atoms with Crippen LogP contribution in [0.5, 0.6) is 0 Å². The minimum atomic E-state index is -1.02. The van der Waals surface area contributed by atoms with Crippen molar-refractivity contribution in [3.8, 4) is 0 Å². The van der Waals surface area contributed by atoms with Crippen LogP contribution in [0.25, 0.3) is 0 Å².